The third-order valence-corrected chi connectivity index (χ3v) is 2.97. The topological polar surface area (TPSA) is 53.4 Å². The van der Waals surface area contributed by atoms with E-state index in [-0.39, 0.29) is 12.2 Å². The van der Waals surface area contributed by atoms with Crippen LogP contribution in [0.1, 0.15) is 48.6 Å². The second-order valence-corrected chi connectivity index (χ2v) is 4.13. The summed E-state index contributed by atoms with van der Waals surface area (Å²) in [5, 5.41) is 4.41. The van der Waals surface area contributed by atoms with Crippen LogP contribution in [-0.4, -0.2) is 29.5 Å². The molecule has 0 N–H and O–H groups in total. The van der Waals surface area contributed by atoms with Crippen molar-refractivity contribution in [2.24, 2.45) is 0 Å². The first-order valence-electron chi connectivity index (χ1n) is 6.04. The maximum atomic E-state index is 11.7. The molecule has 1 atom stereocenters. The third kappa shape index (κ3) is 2.49. The molecule has 1 fully saturated rings. The molecule has 1 aliphatic heterocycles. The molecule has 17 heavy (non-hydrogen) atoms. The number of carbonyl (C=O) groups excluding carboxylic acids is 1. The van der Waals surface area contributed by atoms with Crippen LogP contribution in [0.4, 0.5) is 0 Å². The summed E-state index contributed by atoms with van der Waals surface area (Å²) in [4.78, 5) is 11.7. The standard InChI is InChI=1S/C12H18N2O3/c1-3-9-8-10(12(15)16-2)14(13-9)11-6-4-5-7-17-11/h8,11H,3-7H2,1-2H3. The number of hydrogen-bond donors (Lipinski definition) is 0. The van der Waals surface area contributed by atoms with Gasteiger partial charge in [-0.25, -0.2) is 9.48 Å². The van der Waals surface area contributed by atoms with E-state index in [1.54, 1.807) is 10.7 Å². The van der Waals surface area contributed by atoms with Gasteiger partial charge in [-0.05, 0) is 31.7 Å². The van der Waals surface area contributed by atoms with E-state index >= 15 is 0 Å². The van der Waals surface area contributed by atoms with Gasteiger partial charge in [0, 0.05) is 6.61 Å². The molecule has 5 heteroatoms. The lowest BCUT2D eigenvalue weighted by molar-refractivity contribution is -0.0416. The lowest BCUT2D eigenvalue weighted by Crippen LogP contribution is -2.23. The van der Waals surface area contributed by atoms with Gasteiger partial charge in [0.1, 0.15) is 5.69 Å². The molecule has 1 aromatic heterocycles. The average Bonchev–Trinajstić information content (AvgIpc) is 2.83. The Balaban J connectivity index is 2.29. The predicted molar refractivity (Wildman–Crippen MR) is 61.8 cm³/mol. The minimum absolute atomic E-state index is 0.127. The molecule has 0 spiro atoms. The van der Waals surface area contributed by atoms with Gasteiger partial charge in [0.05, 0.1) is 12.8 Å². The molecule has 1 unspecified atom stereocenters. The number of nitrogens with zero attached hydrogens (tertiary/aromatic N) is 2. The normalized spacial score (nSPS) is 20.2. The number of aryl methyl sites for hydroxylation is 1. The van der Waals surface area contributed by atoms with Crippen molar-refractivity contribution in [3.05, 3.63) is 17.5 Å². The highest BCUT2D eigenvalue weighted by Crippen LogP contribution is 2.24. The zero-order valence-electron chi connectivity index (χ0n) is 10.3. The number of aromatic nitrogens is 2. The molecule has 0 aromatic carbocycles. The van der Waals surface area contributed by atoms with Crippen LogP contribution in [-0.2, 0) is 15.9 Å². The summed E-state index contributed by atoms with van der Waals surface area (Å²) >= 11 is 0. The summed E-state index contributed by atoms with van der Waals surface area (Å²) < 4.78 is 12.1. The van der Waals surface area contributed by atoms with Crippen molar-refractivity contribution in [3.8, 4) is 0 Å². The Kier molecular flexibility index (Phi) is 3.78. The van der Waals surface area contributed by atoms with Gasteiger partial charge in [-0.1, -0.05) is 6.92 Å². The van der Waals surface area contributed by atoms with E-state index in [1.807, 2.05) is 6.92 Å². The molecule has 0 saturated carbocycles. The Bertz CT molecular complexity index is 394. The van der Waals surface area contributed by atoms with Crippen molar-refractivity contribution in [2.45, 2.75) is 38.8 Å². The summed E-state index contributed by atoms with van der Waals surface area (Å²) in [5.41, 5.74) is 1.37. The van der Waals surface area contributed by atoms with E-state index in [4.69, 9.17) is 9.47 Å². The zero-order valence-corrected chi connectivity index (χ0v) is 10.3. The monoisotopic (exact) mass is 238 g/mol. The Hall–Kier alpha value is -1.36. The number of carbonyl (C=O) groups is 1. The smallest absolute Gasteiger partial charge is 0.356 e. The van der Waals surface area contributed by atoms with Gasteiger partial charge in [-0.3, -0.25) is 0 Å². The first-order chi connectivity index (χ1) is 8.26. The Morgan fingerprint density at radius 2 is 2.47 bits per heavy atom. The van der Waals surface area contributed by atoms with Crippen molar-refractivity contribution in [1.29, 1.82) is 0 Å². The average molecular weight is 238 g/mol. The number of ether oxygens (including phenoxy) is 2. The van der Waals surface area contributed by atoms with Gasteiger partial charge in [0.25, 0.3) is 0 Å². The van der Waals surface area contributed by atoms with Gasteiger partial charge in [-0.2, -0.15) is 5.10 Å². The largest absolute Gasteiger partial charge is 0.464 e. The molecular weight excluding hydrogens is 220 g/mol. The van der Waals surface area contributed by atoms with Crippen molar-refractivity contribution in [2.75, 3.05) is 13.7 Å². The fraction of sp³-hybridized carbons (Fsp3) is 0.667. The van der Waals surface area contributed by atoms with Crippen LogP contribution in [0.25, 0.3) is 0 Å². The van der Waals surface area contributed by atoms with E-state index in [2.05, 4.69) is 5.10 Å². The molecule has 2 heterocycles. The first-order valence-corrected chi connectivity index (χ1v) is 6.04. The van der Waals surface area contributed by atoms with Gasteiger partial charge in [0.2, 0.25) is 0 Å². The Labute approximate surface area is 101 Å². The summed E-state index contributed by atoms with van der Waals surface area (Å²) in [5.74, 6) is -0.355. The third-order valence-electron chi connectivity index (χ3n) is 2.97. The van der Waals surface area contributed by atoms with Gasteiger partial charge in [-0.15, -0.1) is 0 Å². The minimum Gasteiger partial charge on any atom is -0.464 e. The number of rotatable bonds is 3. The van der Waals surface area contributed by atoms with Crippen LogP contribution in [0.5, 0.6) is 0 Å². The maximum absolute atomic E-state index is 11.7. The first kappa shape index (κ1) is 12.1. The second-order valence-electron chi connectivity index (χ2n) is 4.13. The highest BCUT2D eigenvalue weighted by atomic mass is 16.5. The van der Waals surface area contributed by atoms with Crippen LogP contribution in [0.15, 0.2) is 6.07 Å². The Morgan fingerprint density at radius 1 is 1.65 bits per heavy atom. The lowest BCUT2D eigenvalue weighted by atomic mass is 10.2. The number of hydrogen-bond acceptors (Lipinski definition) is 4. The van der Waals surface area contributed by atoms with Crippen LogP contribution < -0.4 is 0 Å². The zero-order chi connectivity index (χ0) is 12.3. The predicted octanol–water partition coefficient (Wildman–Crippen LogP) is 1.93. The molecule has 5 nitrogen and oxygen atoms in total. The highest BCUT2D eigenvalue weighted by Gasteiger charge is 2.23. The summed E-state index contributed by atoms with van der Waals surface area (Å²) in [6.45, 7) is 2.74. The van der Waals surface area contributed by atoms with Crippen molar-refractivity contribution in [3.63, 3.8) is 0 Å². The molecule has 2 rings (SSSR count). The van der Waals surface area contributed by atoms with E-state index in [9.17, 15) is 4.79 Å². The van der Waals surface area contributed by atoms with Crippen LogP contribution in [0, 0.1) is 0 Å². The quantitative estimate of drug-likeness (QED) is 0.755. The second kappa shape index (κ2) is 5.31. The van der Waals surface area contributed by atoms with Crippen molar-refractivity contribution < 1.29 is 14.3 Å². The van der Waals surface area contributed by atoms with Gasteiger partial charge < -0.3 is 9.47 Å². The Morgan fingerprint density at radius 3 is 3.06 bits per heavy atom. The SMILES string of the molecule is CCc1cc(C(=O)OC)n(C2CCCCO2)n1. The minimum atomic E-state index is -0.355. The van der Waals surface area contributed by atoms with E-state index in [1.165, 1.54) is 7.11 Å². The van der Waals surface area contributed by atoms with Crippen LogP contribution in [0.3, 0.4) is 0 Å². The van der Waals surface area contributed by atoms with E-state index in [0.29, 0.717) is 5.69 Å². The molecule has 0 amide bonds. The summed E-state index contributed by atoms with van der Waals surface area (Å²) in [7, 11) is 1.38. The molecular formula is C12H18N2O3. The van der Waals surface area contributed by atoms with Gasteiger partial charge >= 0.3 is 5.97 Å². The molecule has 1 aliphatic rings. The fourth-order valence-corrected chi connectivity index (χ4v) is 2.01. The summed E-state index contributed by atoms with van der Waals surface area (Å²) in [6.07, 6.45) is 3.75. The molecule has 0 bridgehead atoms. The number of esters is 1. The van der Waals surface area contributed by atoms with Crippen LogP contribution >= 0.6 is 0 Å². The summed E-state index contributed by atoms with van der Waals surface area (Å²) in [6, 6.07) is 1.78. The van der Waals surface area contributed by atoms with Crippen molar-refractivity contribution >= 4 is 5.97 Å². The molecule has 0 aliphatic carbocycles. The van der Waals surface area contributed by atoms with E-state index in [0.717, 1.165) is 38.0 Å². The molecule has 1 aromatic rings. The van der Waals surface area contributed by atoms with E-state index < -0.39 is 0 Å². The van der Waals surface area contributed by atoms with Crippen molar-refractivity contribution in [1.82, 2.24) is 9.78 Å². The maximum Gasteiger partial charge on any atom is 0.356 e. The lowest BCUT2D eigenvalue weighted by Gasteiger charge is -2.23. The fourth-order valence-electron chi connectivity index (χ4n) is 2.01. The highest BCUT2D eigenvalue weighted by molar-refractivity contribution is 5.87. The molecule has 1 saturated heterocycles. The molecule has 94 valence electrons. The number of methoxy groups -OCH3 is 1. The molecule has 0 radical (unpaired) electrons. The van der Waals surface area contributed by atoms with Gasteiger partial charge in [0.15, 0.2) is 6.23 Å². The van der Waals surface area contributed by atoms with Crippen LogP contribution in [0.2, 0.25) is 0 Å².